The van der Waals surface area contributed by atoms with Crippen LogP contribution in [0.2, 0.25) is 0 Å². The summed E-state index contributed by atoms with van der Waals surface area (Å²) in [5.41, 5.74) is 0.152. The average molecular weight is 205 g/mol. The van der Waals surface area contributed by atoms with Crippen LogP contribution in [0.3, 0.4) is 0 Å². The van der Waals surface area contributed by atoms with Gasteiger partial charge in [-0.05, 0) is 19.3 Å². The summed E-state index contributed by atoms with van der Waals surface area (Å²) in [6, 6.07) is 0. The van der Waals surface area contributed by atoms with Crippen molar-refractivity contribution in [1.82, 2.24) is 0 Å². The second-order valence-electron chi connectivity index (χ2n) is 2.97. The van der Waals surface area contributed by atoms with E-state index in [0.717, 1.165) is 0 Å². The van der Waals surface area contributed by atoms with Crippen LogP contribution in [0.5, 0.6) is 0 Å². The van der Waals surface area contributed by atoms with Crippen LogP contribution in [0.25, 0.3) is 0 Å². The summed E-state index contributed by atoms with van der Waals surface area (Å²) in [5, 5.41) is 17.5. The fraction of sp³-hybridized carbons (Fsp3) is 0.500. The number of hydrogen-bond acceptors (Lipinski definition) is 2. The lowest BCUT2D eigenvalue weighted by Gasteiger charge is -2.18. The summed E-state index contributed by atoms with van der Waals surface area (Å²) in [5.74, 6) is -2.49. The standard InChI is InChI=1S/C8H9ClO4/c9-6-3-4(7(10)11)1-2-5(6)8(12)13/h4H,1-3H2,(H,10,11)(H,12,13). The average Bonchev–Trinajstić information content (AvgIpc) is 2.03. The largest absolute Gasteiger partial charge is 0.481 e. The molecule has 1 atom stereocenters. The van der Waals surface area contributed by atoms with Gasteiger partial charge in [0.25, 0.3) is 0 Å². The minimum atomic E-state index is -1.05. The highest BCUT2D eigenvalue weighted by Gasteiger charge is 2.27. The molecule has 0 amide bonds. The molecule has 1 unspecified atom stereocenters. The fourth-order valence-corrected chi connectivity index (χ4v) is 1.69. The number of halogens is 1. The number of hydrogen-bond donors (Lipinski definition) is 2. The molecule has 0 bridgehead atoms. The maximum atomic E-state index is 10.6. The predicted octanol–water partition coefficient (Wildman–Crippen LogP) is 1.45. The highest BCUT2D eigenvalue weighted by atomic mass is 35.5. The minimum Gasteiger partial charge on any atom is -0.481 e. The molecule has 1 aliphatic carbocycles. The first-order chi connectivity index (χ1) is 6.02. The van der Waals surface area contributed by atoms with Gasteiger partial charge in [0.2, 0.25) is 0 Å². The summed E-state index contributed by atoms with van der Waals surface area (Å²) in [6.45, 7) is 0. The van der Waals surface area contributed by atoms with Gasteiger partial charge in [-0.1, -0.05) is 11.6 Å². The lowest BCUT2D eigenvalue weighted by atomic mass is 9.89. The van der Waals surface area contributed by atoms with Crippen molar-refractivity contribution in [2.45, 2.75) is 19.3 Å². The quantitative estimate of drug-likeness (QED) is 0.714. The van der Waals surface area contributed by atoms with Gasteiger partial charge in [0, 0.05) is 5.03 Å². The van der Waals surface area contributed by atoms with E-state index < -0.39 is 17.9 Å². The second-order valence-corrected chi connectivity index (χ2v) is 3.42. The molecule has 0 saturated heterocycles. The van der Waals surface area contributed by atoms with E-state index in [-0.39, 0.29) is 23.4 Å². The van der Waals surface area contributed by atoms with Crippen LogP contribution >= 0.6 is 11.6 Å². The van der Waals surface area contributed by atoms with E-state index in [4.69, 9.17) is 21.8 Å². The molecule has 5 heteroatoms. The number of aliphatic carboxylic acids is 2. The van der Waals surface area contributed by atoms with E-state index in [2.05, 4.69) is 0 Å². The summed E-state index contributed by atoms with van der Waals surface area (Å²) in [6.07, 6.45) is 0.733. The number of carboxylic acids is 2. The van der Waals surface area contributed by atoms with Crippen LogP contribution in [0.1, 0.15) is 19.3 Å². The van der Waals surface area contributed by atoms with E-state index in [1.165, 1.54) is 0 Å². The molecule has 2 N–H and O–H groups in total. The smallest absolute Gasteiger partial charge is 0.332 e. The molecule has 13 heavy (non-hydrogen) atoms. The van der Waals surface area contributed by atoms with Gasteiger partial charge in [0.15, 0.2) is 0 Å². The normalized spacial score (nSPS) is 23.0. The van der Waals surface area contributed by atoms with Gasteiger partial charge in [0.1, 0.15) is 0 Å². The molecule has 0 saturated carbocycles. The molecule has 0 fully saturated rings. The molecule has 0 aromatic carbocycles. The number of allylic oxidation sites excluding steroid dienone is 1. The van der Waals surface area contributed by atoms with E-state index in [1.54, 1.807) is 0 Å². The van der Waals surface area contributed by atoms with Crippen molar-refractivity contribution >= 4 is 23.5 Å². The molecule has 0 heterocycles. The molecule has 0 spiro atoms. The van der Waals surface area contributed by atoms with Crippen LogP contribution in [-0.2, 0) is 9.59 Å². The Morgan fingerprint density at radius 3 is 2.38 bits per heavy atom. The number of carbonyl (C=O) groups is 2. The predicted molar refractivity (Wildman–Crippen MR) is 45.5 cm³/mol. The maximum absolute atomic E-state index is 10.6. The van der Waals surface area contributed by atoms with Crippen molar-refractivity contribution < 1.29 is 19.8 Å². The van der Waals surface area contributed by atoms with Crippen molar-refractivity contribution in [1.29, 1.82) is 0 Å². The van der Waals surface area contributed by atoms with Crippen molar-refractivity contribution in [2.75, 3.05) is 0 Å². The van der Waals surface area contributed by atoms with E-state index in [9.17, 15) is 9.59 Å². The molecule has 1 rings (SSSR count). The Kier molecular flexibility index (Phi) is 2.93. The Balaban J connectivity index is 2.78. The van der Waals surface area contributed by atoms with E-state index in [1.807, 2.05) is 0 Å². The SMILES string of the molecule is O=C(O)C1=C(Cl)CC(C(=O)O)CC1. The summed E-state index contributed by atoms with van der Waals surface area (Å²) < 4.78 is 0. The van der Waals surface area contributed by atoms with Crippen LogP contribution < -0.4 is 0 Å². The topological polar surface area (TPSA) is 74.6 Å². The molecule has 1 aliphatic rings. The highest BCUT2D eigenvalue weighted by Crippen LogP contribution is 2.31. The second kappa shape index (κ2) is 3.79. The first-order valence-corrected chi connectivity index (χ1v) is 4.23. The van der Waals surface area contributed by atoms with Crippen molar-refractivity contribution in [3.63, 3.8) is 0 Å². The third-order valence-corrected chi connectivity index (χ3v) is 2.49. The van der Waals surface area contributed by atoms with Gasteiger partial charge in [-0.15, -0.1) is 0 Å². The fourth-order valence-electron chi connectivity index (χ4n) is 1.33. The maximum Gasteiger partial charge on any atom is 0.332 e. The Labute approximate surface area is 79.8 Å². The molecular weight excluding hydrogens is 196 g/mol. The first kappa shape index (κ1) is 10.1. The molecule has 4 nitrogen and oxygen atoms in total. The zero-order chi connectivity index (χ0) is 10.0. The molecule has 0 radical (unpaired) electrons. The summed E-state index contributed by atoms with van der Waals surface area (Å²) in [4.78, 5) is 21.1. The van der Waals surface area contributed by atoms with Crippen LogP contribution in [0.15, 0.2) is 10.6 Å². The Morgan fingerprint density at radius 2 is 2.00 bits per heavy atom. The molecule has 0 aromatic heterocycles. The van der Waals surface area contributed by atoms with E-state index >= 15 is 0 Å². The van der Waals surface area contributed by atoms with Gasteiger partial charge < -0.3 is 10.2 Å². The molecule has 0 aliphatic heterocycles. The Hall–Kier alpha value is -1.03. The lowest BCUT2D eigenvalue weighted by molar-refractivity contribution is -0.142. The highest BCUT2D eigenvalue weighted by molar-refractivity contribution is 6.31. The first-order valence-electron chi connectivity index (χ1n) is 3.86. The third kappa shape index (κ3) is 2.21. The third-order valence-electron chi connectivity index (χ3n) is 2.10. The number of rotatable bonds is 2. The van der Waals surface area contributed by atoms with Crippen LogP contribution in [0.4, 0.5) is 0 Å². The monoisotopic (exact) mass is 204 g/mol. The van der Waals surface area contributed by atoms with Crippen molar-refractivity contribution in [3.8, 4) is 0 Å². The molecule has 72 valence electrons. The van der Waals surface area contributed by atoms with Crippen LogP contribution in [0, 0.1) is 5.92 Å². The molecular formula is C8H9ClO4. The van der Waals surface area contributed by atoms with Gasteiger partial charge >= 0.3 is 11.9 Å². The van der Waals surface area contributed by atoms with Crippen molar-refractivity contribution in [2.24, 2.45) is 5.92 Å². The summed E-state index contributed by atoms with van der Waals surface area (Å²) in [7, 11) is 0. The zero-order valence-corrected chi connectivity index (χ0v) is 7.54. The Bertz CT molecular complexity index is 282. The van der Waals surface area contributed by atoms with Gasteiger partial charge in [-0.3, -0.25) is 4.79 Å². The van der Waals surface area contributed by atoms with Gasteiger partial charge in [-0.25, -0.2) is 4.79 Å². The van der Waals surface area contributed by atoms with Gasteiger partial charge in [0.05, 0.1) is 11.5 Å². The zero-order valence-electron chi connectivity index (χ0n) is 6.79. The van der Waals surface area contributed by atoms with E-state index in [0.29, 0.717) is 6.42 Å². The number of carboxylic acid groups (broad SMARTS) is 2. The minimum absolute atomic E-state index is 0.137. The lowest BCUT2D eigenvalue weighted by Crippen LogP contribution is -2.20. The van der Waals surface area contributed by atoms with Crippen LogP contribution in [-0.4, -0.2) is 22.2 Å². The van der Waals surface area contributed by atoms with Gasteiger partial charge in [-0.2, -0.15) is 0 Å². The Morgan fingerprint density at radius 1 is 1.38 bits per heavy atom. The summed E-state index contributed by atoms with van der Waals surface area (Å²) >= 11 is 5.65. The molecule has 0 aromatic rings. The van der Waals surface area contributed by atoms with Crippen molar-refractivity contribution in [3.05, 3.63) is 10.6 Å².